The summed E-state index contributed by atoms with van der Waals surface area (Å²) in [6, 6.07) is 0. The fourth-order valence-corrected chi connectivity index (χ4v) is 3.26. The van der Waals surface area contributed by atoms with Gasteiger partial charge in [0.15, 0.2) is 25.9 Å². The number of hydrogen-bond donors (Lipinski definition) is 0. The standard InChI is InChI=1S/C19H23O10P/c1-6-11-24-16(20)14-15(18(21)25-12-7-2)17(19(22)26-13-8-3)29-30(23,27-9-4)28-10-5/h1-3,15,17H,9-14H2,4-5H3. The van der Waals surface area contributed by atoms with Crippen molar-refractivity contribution in [3.8, 4) is 37.0 Å². The molecule has 0 rings (SSSR count). The molecule has 0 amide bonds. The number of esters is 3. The second kappa shape index (κ2) is 15.1. The van der Waals surface area contributed by atoms with Crippen LogP contribution in [0.3, 0.4) is 0 Å². The molecule has 0 aromatic carbocycles. The van der Waals surface area contributed by atoms with Gasteiger partial charge in [-0.3, -0.25) is 23.2 Å². The molecule has 0 heterocycles. The number of terminal acetylenes is 3. The fourth-order valence-electron chi connectivity index (χ4n) is 1.92. The molecule has 2 unspecified atom stereocenters. The Morgan fingerprint density at radius 3 is 1.77 bits per heavy atom. The minimum absolute atomic E-state index is 0.111. The van der Waals surface area contributed by atoms with Crippen LogP contribution in [0.4, 0.5) is 0 Å². The van der Waals surface area contributed by atoms with Crippen LogP contribution in [-0.2, 0) is 46.7 Å². The summed E-state index contributed by atoms with van der Waals surface area (Å²) in [5.41, 5.74) is 0. The van der Waals surface area contributed by atoms with E-state index in [1.807, 2.05) is 0 Å². The molecule has 30 heavy (non-hydrogen) atoms. The Morgan fingerprint density at radius 1 is 0.833 bits per heavy atom. The molecule has 0 saturated carbocycles. The molecule has 0 N–H and O–H groups in total. The van der Waals surface area contributed by atoms with E-state index >= 15 is 0 Å². The Morgan fingerprint density at radius 2 is 1.30 bits per heavy atom. The van der Waals surface area contributed by atoms with Crippen LogP contribution < -0.4 is 0 Å². The summed E-state index contributed by atoms with van der Waals surface area (Å²) in [5, 5.41) is 0. The van der Waals surface area contributed by atoms with Crippen LogP contribution in [-0.4, -0.2) is 57.0 Å². The molecule has 0 aliphatic carbocycles. The molecule has 11 heteroatoms. The lowest BCUT2D eigenvalue weighted by Crippen LogP contribution is -2.40. The lowest BCUT2D eigenvalue weighted by molar-refractivity contribution is -0.167. The van der Waals surface area contributed by atoms with Gasteiger partial charge in [0.25, 0.3) is 0 Å². The predicted octanol–water partition coefficient (Wildman–Crippen LogP) is 1.09. The third-order valence-corrected chi connectivity index (χ3v) is 4.65. The van der Waals surface area contributed by atoms with E-state index < -0.39 is 57.4 Å². The predicted molar refractivity (Wildman–Crippen MR) is 103 cm³/mol. The second-order valence-electron chi connectivity index (χ2n) is 5.11. The van der Waals surface area contributed by atoms with Crippen molar-refractivity contribution >= 4 is 25.7 Å². The molecular weight excluding hydrogens is 419 g/mol. The molecule has 0 radical (unpaired) electrons. The molecule has 2 atom stereocenters. The number of phosphoric acid groups is 1. The zero-order valence-electron chi connectivity index (χ0n) is 16.7. The Labute approximate surface area is 175 Å². The third kappa shape index (κ3) is 10.1. The van der Waals surface area contributed by atoms with Crippen molar-refractivity contribution in [1.29, 1.82) is 0 Å². The summed E-state index contributed by atoms with van der Waals surface area (Å²) < 4.78 is 42.2. The van der Waals surface area contributed by atoms with Crippen LogP contribution in [0.5, 0.6) is 0 Å². The van der Waals surface area contributed by atoms with Gasteiger partial charge >= 0.3 is 25.7 Å². The number of hydrogen-bond acceptors (Lipinski definition) is 10. The minimum atomic E-state index is -4.33. The Hall–Kier alpha value is -2.80. The highest BCUT2D eigenvalue weighted by molar-refractivity contribution is 7.48. The lowest BCUT2D eigenvalue weighted by atomic mass is 9.98. The van der Waals surface area contributed by atoms with Gasteiger partial charge in [-0.05, 0) is 13.8 Å². The summed E-state index contributed by atoms with van der Waals surface area (Å²) in [6.07, 6.45) is 12.4. The van der Waals surface area contributed by atoms with Gasteiger partial charge in [0, 0.05) is 0 Å². The molecular formula is C19H23O10P. The van der Waals surface area contributed by atoms with Gasteiger partial charge in [-0.25, -0.2) is 9.36 Å². The monoisotopic (exact) mass is 442 g/mol. The van der Waals surface area contributed by atoms with Crippen LogP contribution in [0.1, 0.15) is 20.3 Å². The van der Waals surface area contributed by atoms with Crippen LogP contribution in [0.2, 0.25) is 0 Å². The highest BCUT2D eigenvalue weighted by atomic mass is 31.2. The number of ether oxygens (including phenoxy) is 3. The molecule has 0 bridgehead atoms. The van der Waals surface area contributed by atoms with Crippen molar-refractivity contribution in [2.75, 3.05) is 33.0 Å². The maximum absolute atomic E-state index is 12.8. The van der Waals surface area contributed by atoms with Gasteiger partial charge in [-0.1, -0.05) is 17.8 Å². The largest absolute Gasteiger partial charge is 0.475 e. The first-order valence-corrected chi connectivity index (χ1v) is 10.1. The summed E-state index contributed by atoms with van der Waals surface area (Å²) in [7, 11) is -4.33. The topological polar surface area (TPSA) is 124 Å². The number of rotatable bonds is 14. The molecule has 164 valence electrons. The molecule has 0 aromatic rings. The fraction of sp³-hybridized carbons (Fsp3) is 0.526. The van der Waals surface area contributed by atoms with E-state index in [-0.39, 0.29) is 19.8 Å². The van der Waals surface area contributed by atoms with E-state index in [0.29, 0.717) is 0 Å². The summed E-state index contributed by atoms with van der Waals surface area (Å²) in [6.45, 7) is 1.44. The van der Waals surface area contributed by atoms with Crippen LogP contribution in [0, 0.1) is 42.9 Å². The van der Waals surface area contributed by atoms with E-state index in [0.717, 1.165) is 0 Å². The van der Waals surface area contributed by atoms with E-state index in [1.165, 1.54) is 13.8 Å². The average Bonchev–Trinajstić information content (AvgIpc) is 2.71. The maximum atomic E-state index is 12.8. The molecule has 0 fully saturated rings. The van der Waals surface area contributed by atoms with Gasteiger partial charge in [-0.15, -0.1) is 19.3 Å². The number of carbonyl (C=O) groups excluding carboxylic acids is 3. The van der Waals surface area contributed by atoms with Crippen molar-refractivity contribution in [2.24, 2.45) is 5.92 Å². The summed E-state index contributed by atoms with van der Waals surface area (Å²) in [5.74, 6) is 1.22. The van der Waals surface area contributed by atoms with Gasteiger partial charge in [0.2, 0.25) is 0 Å². The van der Waals surface area contributed by atoms with Crippen molar-refractivity contribution in [2.45, 2.75) is 26.4 Å². The van der Waals surface area contributed by atoms with Crippen molar-refractivity contribution in [3.05, 3.63) is 0 Å². The van der Waals surface area contributed by atoms with Gasteiger partial charge in [0.1, 0.15) is 5.92 Å². The molecule has 10 nitrogen and oxygen atoms in total. The molecule has 0 aromatic heterocycles. The summed E-state index contributed by atoms with van der Waals surface area (Å²) in [4.78, 5) is 37.0. The lowest BCUT2D eigenvalue weighted by Gasteiger charge is -2.26. The summed E-state index contributed by atoms with van der Waals surface area (Å²) >= 11 is 0. The van der Waals surface area contributed by atoms with Crippen LogP contribution in [0.15, 0.2) is 0 Å². The first-order valence-electron chi connectivity index (χ1n) is 8.65. The second-order valence-corrected chi connectivity index (χ2v) is 6.73. The first-order chi connectivity index (χ1) is 14.3. The van der Waals surface area contributed by atoms with E-state index in [1.54, 1.807) is 0 Å². The zero-order chi connectivity index (χ0) is 23.0. The minimum Gasteiger partial charge on any atom is -0.452 e. The van der Waals surface area contributed by atoms with Gasteiger partial charge in [-0.2, -0.15) is 0 Å². The molecule has 0 aliphatic heterocycles. The first kappa shape index (κ1) is 27.2. The number of phosphoric ester groups is 1. The van der Waals surface area contributed by atoms with E-state index in [2.05, 4.69) is 17.8 Å². The Kier molecular flexibility index (Phi) is 13.7. The van der Waals surface area contributed by atoms with E-state index in [4.69, 9.17) is 47.1 Å². The SMILES string of the molecule is C#CCOC(=O)CC(C(=O)OCC#C)C(OP(=O)(OCC)OCC)C(=O)OCC#C. The van der Waals surface area contributed by atoms with Crippen molar-refractivity contribution in [1.82, 2.24) is 0 Å². The van der Waals surface area contributed by atoms with Crippen LogP contribution in [0.25, 0.3) is 0 Å². The maximum Gasteiger partial charge on any atom is 0.475 e. The van der Waals surface area contributed by atoms with Crippen molar-refractivity contribution < 1.29 is 46.7 Å². The average molecular weight is 442 g/mol. The third-order valence-electron chi connectivity index (χ3n) is 3.02. The zero-order valence-corrected chi connectivity index (χ0v) is 17.6. The van der Waals surface area contributed by atoms with E-state index in [9.17, 15) is 18.9 Å². The smallest absolute Gasteiger partial charge is 0.452 e. The highest BCUT2D eigenvalue weighted by Crippen LogP contribution is 2.51. The van der Waals surface area contributed by atoms with Gasteiger partial charge in [0.05, 0.1) is 19.6 Å². The quantitative estimate of drug-likeness (QED) is 0.167. The molecule has 0 spiro atoms. The highest BCUT2D eigenvalue weighted by Gasteiger charge is 2.44. The Balaban J connectivity index is 5.99. The number of carbonyl (C=O) groups is 3. The molecule has 0 saturated heterocycles. The van der Waals surface area contributed by atoms with Gasteiger partial charge < -0.3 is 14.2 Å². The van der Waals surface area contributed by atoms with Crippen molar-refractivity contribution in [3.63, 3.8) is 0 Å². The van der Waals surface area contributed by atoms with Crippen LogP contribution >= 0.6 is 7.82 Å². The normalized spacial score (nSPS) is 12.4. The Bertz CT molecular complexity index is 745. The molecule has 0 aliphatic rings.